The molecular formula is C27H34N8O3S. The van der Waals surface area contributed by atoms with Gasteiger partial charge in [-0.15, -0.1) is 11.3 Å². The number of fused-ring (bicyclic) bond motifs is 1. The van der Waals surface area contributed by atoms with Crippen molar-refractivity contribution in [2.45, 2.75) is 39.2 Å². The highest BCUT2D eigenvalue weighted by Gasteiger charge is 2.46. The first kappa shape index (κ1) is 27.0. The van der Waals surface area contributed by atoms with Crippen LogP contribution in [0.4, 0.5) is 5.69 Å². The summed E-state index contributed by atoms with van der Waals surface area (Å²) in [7, 11) is 1.81. The normalized spacial score (nSPS) is 17.1. The number of anilines is 1. The molecule has 3 aromatic rings. The highest BCUT2D eigenvalue weighted by Crippen LogP contribution is 2.35. The number of nitrogens with one attached hydrogen (secondary N) is 4. The van der Waals surface area contributed by atoms with Crippen molar-refractivity contribution in [1.29, 1.82) is 5.41 Å². The molecule has 206 valence electrons. The van der Waals surface area contributed by atoms with Crippen LogP contribution in [-0.2, 0) is 4.74 Å². The number of thiazole rings is 1. The maximum atomic E-state index is 13.3. The molecule has 11 nitrogen and oxygen atoms in total. The SMILES string of the molecule is CN/C(C)=C(\C(C)=N)c1cn2ncc(C(=O)Nc3cc(C(=O)NCCN4CCCC45COC5)cnc3C)c2s1. The Labute approximate surface area is 231 Å². The Morgan fingerprint density at radius 1 is 1.23 bits per heavy atom. The summed E-state index contributed by atoms with van der Waals surface area (Å²) in [6, 6.07) is 1.66. The van der Waals surface area contributed by atoms with E-state index in [-0.39, 0.29) is 17.4 Å². The van der Waals surface area contributed by atoms with Crippen molar-refractivity contribution in [3.8, 4) is 0 Å². The fourth-order valence-corrected chi connectivity index (χ4v) is 6.44. The number of rotatable bonds is 9. The van der Waals surface area contributed by atoms with E-state index >= 15 is 0 Å². The van der Waals surface area contributed by atoms with Gasteiger partial charge in [0.2, 0.25) is 0 Å². The number of likely N-dealkylation sites (tertiary alicyclic amines) is 1. The number of pyridine rings is 1. The lowest BCUT2D eigenvalue weighted by Crippen LogP contribution is -2.59. The fraction of sp³-hybridized carbons (Fsp3) is 0.444. The Kier molecular flexibility index (Phi) is 7.52. The van der Waals surface area contributed by atoms with E-state index in [0.717, 1.165) is 55.3 Å². The zero-order valence-corrected chi connectivity index (χ0v) is 23.5. The summed E-state index contributed by atoms with van der Waals surface area (Å²) in [5.41, 5.74) is 4.10. The molecule has 0 bridgehead atoms. The van der Waals surface area contributed by atoms with E-state index in [0.29, 0.717) is 39.6 Å². The second kappa shape index (κ2) is 10.9. The molecule has 0 aromatic carbocycles. The third-order valence-corrected chi connectivity index (χ3v) is 8.69. The van der Waals surface area contributed by atoms with Crippen molar-refractivity contribution in [2.24, 2.45) is 0 Å². The van der Waals surface area contributed by atoms with Crippen molar-refractivity contribution in [1.82, 2.24) is 30.1 Å². The number of ether oxygens (including phenoxy) is 1. The largest absolute Gasteiger partial charge is 0.391 e. The molecule has 5 rings (SSSR count). The maximum Gasteiger partial charge on any atom is 0.260 e. The van der Waals surface area contributed by atoms with E-state index in [9.17, 15) is 9.59 Å². The highest BCUT2D eigenvalue weighted by atomic mass is 32.1. The number of amides is 2. The molecule has 2 aliphatic heterocycles. The summed E-state index contributed by atoms with van der Waals surface area (Å²) in [6.07, 6.45) is 7.18. The average Bonchev–Trinajstić information content (AvgIpc) is 3.59. The first-order chi connectivity index (χ1) is 18.7. The molecule has 2 saturated heterocycles. The van der Waals surface area contributed by atoms with Gasteiger partial charge in [0.15, 0.2) is 0 Å². The molecule has 5 heterocycles. The minimum Gasteiger partial charge on any atom is -0.391 e. The van der Waals surface area contributed by atoms with Crippen LogP contribution >= 0.6 is 11.3 Å². The molecule has 0 saturated carbocycles. The topological polar surface area (TPSA) is 137 Å². The standard InChI is InChI=1S/C27H34N8O3S/c1-16(28)23(18(3)29-4)22-13-35-26(39-22)20(12-32-35)25(37)33-21-10-19(11-31-17(21)2)24(36)30-7-9-34-8-5-6-27(34)14-38-15-27/h10-13,28-29H,5-9,14-15H2,1-4H3,(H,30,36)(H,33,37)/b23-18+,28-16?. The van der Waals surface area contributed by atoms with Crippen LogP contribution in [0.3, 0.4) is 0 Å². The summed E-state index contributed by atoms with van der Waals surface area (Å²) in [4.78, 5) is 34.4. The summed E-state index contributed by atoms with van der Waals surface area (Å²) in [5, 5.41) is 21.5. The number of hydrogen-bond donors (Lipinski definition) is 4. The van der Waals surface area contributed by atoms with Gasteiger partial charge in [-0.25, -0.2) is 4.52 Å². The van der Waals surface area contributed by atoms with E-state index in [1.807, 2.05) is 20.2 Å². The van der Waals surface area contributed by atoms with Crippen LogP contribution < -0.4 is 16.0 Å². The number of hydrogen-bond acceptors (Lipinski definition) is 9. The Morgan fingerprint density at radius 3 is 2.72 bits per heavy atom. The predicted molar refractivity (Wildman–Crippen MR) is 152 cm³/mol. The number of carbonyl (C=O) groups is 2. The van der Waals surface area contributed by atoms with Crippen LogP contribution in [0.25, 0.3) is 10.4 Å². The van der Waals surface area contributed by atoms with Crippen LogP contribution in [-0.4, -0.2) is 82.5 Å². The zero-order chi connectivity index (χ0) is 27.7. The number of carbonyl (C=O) groups excluding carboxylic acids is 2. The second-order valence-corrected chi connectivity index (χ2v) is 11.2. The Morgan fingerprint density at radius 2 is 2.03 bits per heavy atom. The number of aromatic nitrogens is 3. The Bertz CT molecular complexity index is 1470. The van der Waals surface area contributed by atoms with E-state index in [1.54, 1.807) is 24.4 Å². The van der Waals surface area contributed by atoms with Crippen molar-refractivity contribution >= 4 is 45.0 Å². The lowest BCUT2D eigenvalue weighted by molar-refractivity contribution is -0.122. The van der Waals surface area contributed by atoms with Gasteiger partial charge < -0.3 is 26.1 Å². The van der Waals surface area contributed by atoms with Crippen LogP contribution in [0.15, 0.2) is 30.4 Å². The lowest BCUT2D eigenvalue weighted by atomic mass is 9.94. The predicted octanol–water partition coefficient (Wildman–Crippen LogP) is 2.94. The highest BCUT2D eigenvalue weighted by molar-refractivity contribution is 7.19. The first-order valence-corrected chi connectivity index (χ1v) is 13.8. The van der Waals surface area contributed by atoms with Crippen LogP contribution in [0.1, 0.15) is 58.0 Å². The van der Waals surface area contributed by atoms with Gasteiger partial charge in [0.25, 0.3) is 11.8 Å². The molecule has 0 radical (unpaired) electrons. The van der Waals surface area contributed by atoms with Gasteiger partial charge in [-0.3, -0.25) is 19.5 Å². The summed E-state index contributed by atoms with van der Waals surface area (Å²) >= 11 is 1.40. The van der Waals surface area contributed by atoms with Gasteiger partial charge in [0, 0.05) is 49.5 Å². The van der Waals surface area contributed by atoms with Gasteiger partial charge in [-0.2, -0.15) is 5.10 Å². The summed E-state index contributed by atoms with van der Waals surface area (Å²) < 4.78 is 7.09. The molecule has 3 aromatic heterocycles. The van der Waals surface area contributed by atoms with Gasteiger partial charge in [0.05, 0.1) is 52.3 Å². The van der Waals surface area contributed by atoms with Gasteiger partial charge in [0.1, 0.15) is 4.83 Å². The number of nitrogens with zero attached hydrogens (tertiary/aromatic N) is 4. The Hall–Kier alpha value is -3.61. The average molecular weight is 551 g/mol. The van der Waals surface area contributed by atoms with Crippen LogP contribution in [0.5, 0.6) is 0 Å². The minimum absolute atomic E-state index is 0.165. The smallest absolute Gasteiger partial charge is 0.260 e. The fourth-order valence-electron chi connectivity index (χ4n) is 5.22. The first-order valence-electron chi connectivity index (χ1n) is 13.0. The van der Waals surface area contributed by atoms with Crippen molar-refractivity contribution in [3.05, 3.63) is 52.1 Å². The number of allylic oxidation sites excluding steroid dienone is 2. The number of aryl methyl sites for hydroxylation is 1. The molecule has 2 fully saturated rings. The van der Waals surface area contributed by atoms with Crippen LogP contribution in [0.2, 0.25) is 0 Å². The maximum absolute atomic E-state index is 13.3. The van der Waals surface area contributed by atoms with Gasteiger partial charge in [-0.1, -0.05) is 0 Å². The molecule has 4 N–H and O–H groups in total. The lowest BCUT2D eigenvalue weighted by Gasteiger charge is -2.45. The van der Waals surface area contributed by atoms with Crippen molar-refractivity contribution in [2.75, 3.05) is 45.2 Å². The van der Waals surface area contributed by atoms with E-state index in [4.69, 9.17) is 10.1 Å². The molecule has 2 aliphatic rings. The summed E-state index contributed by atoms with van der Waals surface area (Å²) in [5.74, 6) is -0.571. The third-order valence-electron chi connectivity index (χ3n) is 7.56. The quantitative estimate of drug-likeness (QED) is 0.301. The van der Waals surface area contributed by atoms with E-state index < -0.39 is 0 Å². The summed E-state index contributed by atoms with van der Waals surface area (Å²) in [6.45, 7) is 9.32. The molecule has 39 heavy (non-hydrogen) atoms. The van der Waals surface area contributed by atoms with Gasteiger partial charge in [-0.05, 0) is 46.2 Å². The zero-order valence-electron chi connectivity index (χ0n) is 22.7. The van der Waals surface area contributed by atoms with Crippen molar-refractivity contribution < 1.29 is 14.3 Å². The molecule has 1 spiro atoms. The van der Waals surface area contributed by atoms with Crippen LogP contribution in [0, 0.1) is 12.3 Å². The molecule has 0 unspecified atom stereocenters. The molecule has 12 heteroatoms. The molecule has 2 amide bonds. The monoisotopic (exact) mass is 550 g/mol. The van der Waals surface area contributed by atoms with Crippen molar-refractivity contribution in [3.63, 3.8) is 0 Å². The minimum atomic E-state index is -0.342. The van der Waals surface area contributed by atoms with E-state index in [1.165, 1.54) is 23.7 Å². The molecular weight excluding hydrogens is 516 g/mol. The molecule has 0 atom stereocenters. The Balaban J connectivity index is 1.27. The van der Waals surface area contributed by atoms with Gasteiger partial charge >= 0.3 is 0 Å². The van der Waals surface area contributed by atoms with E-state index in [2.05, 4.69) is 30.9 Å². The second-order valence-electron chi connectivity index (χ2n) is 10.2. The molecule has 0 aliphatic carbocycles. The third kappa shape index (κ3) is 5.19.